The highest BCUT2D eigenvalue weighted by Crippen LogP contribution is 2.36. The lowest BCUT2D eigenvalue weighted by atomic mass is 10.0. The molecule has 0 fully saturated rings. The van der Waals surface area contributed by atoms with E-state index in [9.17, 15) is 0 Å². The van der Waals surface area contributed by atoms with Crippen molar-refractivity contribution >= 4 is 12.3 Å². The Morgan fingerprint density at radius 2 is 2.04 bits per heavy atom. The smallest absolute Gasteiger partial charge is 0.251 e. The van der Waals surface area contributed by atoms with Crippen LogP contribution in [0.25, 0.3) is 11.3 Å². The average Bonchev–Trinajstić information content (AvgIpc) is 2.69. The van der Waals surface area contributed by atoms with Crippen LogP contribution in [0.2, 0.25) is 0 Å². The van der Waals surface area contributed by atoms with E-state index in [1.807, 2.05) is 36.4 Å². The molecule has 130 valence electrons. The van der Waals surface area contributed by atoms with Crippen LogP contribution in [-0.2, 0) is 18.1 Å². The van der Waals surface area contributed by atoms with E-state index in [0.717, 1.165) is 28.1 Å². The predicted octanol–water partition coefficient (Wildman–Crippen LogP) is 3.73. The van der Waals surface area contributed by atoms with Gasteiger partial charge in [-0.15, -0.1) is 0 Å². The topological polar surface area (TPSA) is 68.6 Å². The maximum atomic E-state index is 5.70. The quantitative estimate of drug-likeness (QED) is 0.330. The fourth-order valence-corrected chi connectivity index (χ4v) is 2.67. The first-order valence-corrected chi connectivity index (χ1v) is 8.33. The van der Waals surface area contributed by atoms with Gasteiger partial charge in [0.25, 0.3) is 5.95 Å². The molecule has 1 aromatic heterocycles. The Hall–Kier alpha value is -3.25. The van der Waals surface area contributed by atoms with Gasteiger partial charge in [0.1, 0.15) is 18.7 Å². The Balaban J connectivity index is 1.40. The summed E-state index contributed by atoms with van der Waals surface area (Å²) in [7, 11) is 0. The van der Waals surface area contributed by atoms with Crippen molar-refractivity contribution < 1.29 is 9.57 Å². The largest absolute Gasteiger partial charge is 0.488 e. The van der Waals surface area contributed by atoms with Gasteiger partial charge >= 0.3 is 0 Å². The summed E-state index contributed by atoms with van der Waals surface area (Å²) in [6, 6.07) is 16.0. The molecule has 2 aromatic carbocycles. The molecule has 1 aliphatic rings. The fraction of sp³-hybridized carbons (Fsp3) is 0.150. The molecule has 0 bridgehead atoms. The number of benzene rings is 2. The lowest BCUT2D eigenvalue weighted by molar-refractivity contribution is 0.0745. The number of para-hydroxylation sites is 1. The molecule has 0 radical (unpaired) electrons. The van der Waals surface area contributed by atoms with Gasteiger partial charge in [0.2, 0.25) is 0 Å². The zero-order valence-corrected chi connectivity index (χ0v) is 14.3. The minimum Gasteiger partial charge on any atom is -0.488 e. The molecule has 0 amide bonds. The highest BCUT2D eigenvalue weighted by Gasteiger charge is 2.18. The molecule has 6 heteroatoms. The van der Waals surface area contributed by atoms with E-state index >= 15 is 0 Å². The first kappa shape index (κ1) is 16.2. The van der Waals surface area contributed by atoms with Crippen molar-refractivity contribution in [3.05, 3.63) is 71.4 Å². The predicted molar refractivity (Wildman–Crippen MR) is 99.1 cm³/mol. The normalized spacial score (nSPS) is 12.3. The SMILES string of the molecule is Cc1ccc(CON/C=N/c2ncc3c(n2)-c2ccccc2OC3)cc1. The summed E-state index contributed by atoms with van der Waals surface area (Å²) in [5.74, 6) is 1.19. The van der Waals surface area contributed by atoms with Crippen LogP contribution in [-0.4, -0.2) is 16.3 Å². The monoisotopic (exact) mass is 346 g/mol. The molecular weight excluding hydrogens is 328 g/mol. The molecule has 6 nitrogen and oxygen atoms in total. The summed E-state index contributed by atoms with van der Waals surface area (Å²) in [6.45, 7) is 2.97. The van der Waals surface area contributed by atoms with Crippen LogP contribution in [0.3, 0.4) is 0 Å². The van der Waals surface area contributed by atoms with Gasteiger partial charge in [-0.25, -0.2) is 9.97 Å². The zero-order chi connectivity index (χ0) is 17.8. The van der Waals surface area contributed by atoms with Crippen molar-refractivity contribution in [1.82, 2.24) is 15.4 Å². The molecule has 1 N–H and O–H groups in total. The van der Waals surface area contributed by atoms with Gasteiger partial charge in [-0.1, -0.05) is 42.0 Å². The molecule has 1 aliphatic heterocycles. The van der Waals surface area contributed by atoms with Gasteiger partial charge in [-0.05, 0) is 24.6 Å². The van der Waals surface area contributed by atoms with Gasteiger partial charge in [-0.2, -0.15) is 4.99 Å². The van der Waals surface area contributed by atoms with Crippen LogP contribution in [0.4, 0.5) is 5.95 Å². The third-order valence-electron chi connectivity index (χ3n) is 4.05. The number of hydroxylamine groups is 1. The lowest BCUT2D eigenvalue weighted by Crippen LogP contribution is -2.12. The minimum atomic E-state index is 0.367. The molecule has 4 rings (SSSR count). The first-order valence-electron chi connectivity index (χ1n) is 8.33. The number of aryl methyl sites for hydroxylation is 1. The molecular formula is C20H18N4O2. The van der Waals surface area contributed by atoms with E-state index in [0.29, 0.717) is 19.2 Å². The van der Waals surface area contributed by atoms with Gasteiger partial charge in [0.05, 0.1) is 12.3 Å². The molecule has 0 saturated carbocycles. The van der Waals surface area contributed by atoms with Crippen LogP contribution in [0, 0.1) is 6.92 Å². The number of ether oxygens (including phenoxy) is 1. The van der Waals surface area contributed by atoms with Crippen molar-refractivity contribution in [2.75, 3.05) is 0 Å². The maximum absolute atomic E-state index is 5.70. The van der Waals surface area contributed by atoms with E-state index in [4.69, 9.17) is 9.57 Å². The average molecular weight is 346 g/mol. The first-order chi connectivity index (χ1) is 12.8. The number of aromatic nitrogens is 2. The Bertz CT molecular complexity index is 939. The number of hydrogen-bond acceptors (Lipinski definition) is 5. The summed E-state index contributed by atoms with van der Waals surface area (Å²) in [4.78, 5) is 18.4. The van der Waals surface area contributed by atoms with Crippen LogP contribution in [0.1, 0.15) is 16.7 Å². The van der Waals surface area contributed by atoms with E-state index < -0.39 is 0 Å². The fourth-order valence-electron chi connectivity index (χ4n) is 2.67. The Labute approximate surface area is 151 Å². The second kappa shape index (κ2) is 7.33. The summed E-state index contributed by atoms with van der Waals surface area (Å²) in [6.07, 6.45) is 3.19. The van der Waals surface area contributed by atoms with Crippen LogP contribution < -0.4 is 10.2 Å². The van der Waals surface area contributed by atoms with Gasteiger partial charge in [0.15, 0.2) is 0 Å². The number of fused-ring (bicyclic) bond motifs is 3. The highest BCUT2D eigenvalue weighted by molar-refractivity contribution is 5.72. The maximum Gasteiger partial charge on any atom is 0.251 e. The van der Waals surface area contributed by atoms with Crippen molar-refractivity contribution in [1.29, 1.82) is 0 Å². The number of aliphatic imine (C=N–C) groups is 1. The third kappa shape index (κ3) is 3.55. The van der Waals surface area contributed by atoms with Crippen LogP contribution >= 0.6 is 0 Å². The van der Waals surface area contributed by atoms with Crippen LogP contribution in [0.15, 0.2) is 59.7 Å². The van der Waals surface area contributed by atoms with E-state index in [2.05, 4.69) is 39.5 Å². The van der Waals surface area contributed by atoms with Gasteiger partial charge in [0, 0.05) is 17.3 Å². The third-order valence-corrected chi connectivity index (χ3v) is 4.05. The second-order valence-electron chi connectivity index (χ2n) is 5.98. The Morgan fingerprint density at radius 1 is 1.19 bits per heavy atom. The van der Waals surface area contributed by atoms with Crippen molar-refractivity contribution in [3.63, 3.8) is 0 Å². The van der Waals surface area contributed by atoms with E-state index in [1.54, 1.807) is 6.20 Å². The van der Waals surface area contributed by atoms with Crippen molar-refractivity contribution in [2.45, 2.75) is 20.1 Å². The Kier molecular flexibility index (Phi) is 4.57. The van der Waals surface area contributed by atoms with E-state index in [-0.39, 0.29) is 0 Å². The van der Waals surface area contributed by atoms with Crippen molar-refractivity contribution in [3.8, 4) is 17.0 Å². The summed E-state index contributed by atoms with van der Waals surface area (Å²) >= 11 is 0. The highest BCUT2D eigenvalue weighted by atomic mass is 16.6. The van der Waals surface area contributed by atoms with E-state index in [1.165, 1.54) is 11.9 Å². The van der Waals surface area contributed by atoms with Gasteiger partial charge in [-0.3, -0.25) is 10.3 Å². The summed E-state index contributed by atoms with van der Waals surface area (Å²) in [5.41, 5.74) is 7.76. The zero-order valence-electron chi connectivity index (χ0n) is 14.3. The Morgan fingerprint density at radius 3 is 2.92 bits per heavy atom. The van der Waals surface area contributed by atoms with Gasteiger partial charge < -0.3 is 4.74 Å². The minimum absolute atomic E-state index is 0.367. The molecule has 0 saturated heterocycles. The molecule has 0 unspecified atom stereocenters. The van der Waals surface area contributed by atoms with Crippen molar-refractivity contribution in [2.24, 2.45) is 4.99 Å². The molecule has 0 atom stereocenters. The number of hydrogen-bond donors (Lipinski definition) is 1. The molecule has 0 aliphatic carbocycles. The molecule has 26 heavy (non-hydrogen) atoms. The van der Waals surface area contributed by atoms with Crippen LogP contribution in [0.5, 0.6) is 5.75 Å². The summed E-state index contributed by atoms with van der Waals surface area (Å²) in [5, 5.41) is 0. The second-order valence-corrected chi connectivity index (χ2v) is 5.98. The standard InChI is InChI=1S/C20H18N4O2/c1-14-6-8-15(9-7-14)11-26-23-13-22-20-21-10-16-12-25-18-5-3-2-4-17(18)19(16)24-20/h2-10,13H,11-12H2,1H3,(H,21,22,23,24). The lowest BCUT2D eigenvalue weighted by Gasteiger charge is -2.19. The molecule has 2 heterocycles. The number of nitrogens with one attached hydrogen (secondary N) is 1. The molecule has 0 spiro atoms. The number of nitrogens with zero attached hydrogens (tertiary/aromatic N) is 3. The summed E-state index contributed by atoms with van der Waals surface area (Å²) < 4.78 is 5.70. The number of rotatable bonds is 5. The molecule has 3 aromatic rings.